The Bertz CT molecular complexity index is 1090. The zero-order chi connectivity index (χ0) is 24.9. The monoisotopic (exact) mass is 483 g/mol. The molecule has 7 nitrogen and oxygen atoms in total. The van der Waals surface area contributed by atoms with Crippen LogP contribution >= 0.6 is 0 Å². The number of halogens is 3. The molecular formula is C24H28F3NO6. The van der Waals surface area contributed by atoms with Gasteiger partial charge >= 0.3 is 11.8 Å². The molecule has 0 atom stereocenters. The summed E-state index contributed by atoms with van der Waals surface area (Å²) in [6.07, 6.45) is -1.50. The number of ether oxygens (including phenoxy) is 2. The van der Waals surface area contributed by atoms with E-state index in [-0.39, 0.29) is 49.1 Å². The maximum absolute atomic E-state index is 13.7. The van der Waals surface area contributed by atoms with Crippen LogP contribution in [-0.2, 0) is 33.3 Å². The molecule has 2 amide bonds. The molecule has 0 spiro atoms. The largest absolute Gasteiger partial charge is 0.493 e. The van der Waals surface area contributed by atoms with Crippen LogP contribution in [0.3, 0.4) is 0 Å². The van der Waals surface area contributed by atoms with Crippen LogP contribution in [0.25, 0.3) is 11.0 Å². The maximum atomic E-state index is 13.7. The van der Waals surface area contributed by atoms with E-state index in [1.165, 1.54) is 6.07 Å². The summed E-state index contributed by atoms with van der Waals surface area (Å²) in [6.45, 7) is 4.03. The number of morpholine rings is 1. The summed E-state index contributed by atoms with van der Waals surface area (Å²) in [5.41, 5.74) is -1.10. The number of hydrogen-bond acceptors (Lipinski definition) is 6. The summed E-state index contributed by atoms with van der Waals surface area (Å²) in [5, 5.41) is -0.143. The Labute approximate surface area is 194 Å². The normalized spacial score (nSPS) is 14.8. The van der Waals surface area contributed by atoms with Crippen molar-refractivity contribution in [2.45, 2.75) is 58.5 Å². The van der Waals surface area contributed by atoms with Crippen molar-refractivity contribution in [1.29, 1.82) is 0 Å². The van der Waals surface area contributed by atoms with Crippen molar-refractivity contribution in [3.63, 3.8) is 0 Å². The van der Waals surface area contributed by atoms with Crippen LogP contribution in [-0.4, -0.2) is 43.1 Å². The third-order valence-corrected chi connectivity index (χ3v) is 5.56. The Balaban J connectivity index is 1.87. The highest BCUT2D eigenvalue weighted by molar-refractivity contribution is 5.98. The Morgan fingerprint density at radius 3 is 2.29 bits per heavy atom. The van der Waals surface area contributed by atoms with Gasteiger partial charge in [-0.2, -0.15) is 13.2 Å². The molecule has 2 heterocycles. The summed E-state index contributed by atoms with van der Waals surface area (Å²) in [4.78, 5) is 36.7. The van der Waals surface area contributed by atoms with E-state index in [2.05, 4.69) is 0 Å². The van der Waals surface area contributed by atoms with Gasteiger partial charge in [0.05, 0.1) is 12.2 Å². The van der Waals surface area contributed by atoms with E-state index in [1.54, 1.807) is 0 Å². The zero-order valence-electron chi connectivity index (χ0n) is 19.3. The summed E-state index contributed by atoms with van der Waals surface area (Å²) in [6, 6.07) is 1.90. The molecule has 10 heteroatoms. The number of aryl methyl sites for hydroxylation is 2. The average Bonchev–Trinajstić information content (AvgIpc) is 2.76. The average molecular weight is 483 g/mol. The Kier molecular flexibility index (Phi) is 8.35. The van der Waals surface area contributed by atoms with Crippen LogP contribution in [0.1, 0.15) is 56.2 Å². The van der Waals surface area contributed by atoms with Crippen molar-refractivity contribution in [2.75, 3.05) is 26.4 Å². The van der Waals surface area contributed by atoms with Crippen molar-refractivity contribution in [3.8, 4) is 5.75 Å². The first-order chi connectivity index (χ1) is 16.2. The fourth-order valence-electron chi connectivity index (χ4n) is 4.07. The van der Waals surface area contributed by atoms with E-state index in [4.69, 9.17) is 13.9 Å². The highest BCUT2D eigenvalue weighted by atomic mass is 19.4. The lowest BCUT2D eigenvalue weighted by atomic mass is 9.96. The molecule has 34 heavy (non-hydrogen) atoms. The summed E-state index contributed by atoms with van der Waals surface area (Å²) < 4.78 is 57.2. The standard InChI is InChI=1S/C24H28F3NO6/c1-3-7-15-11-17-18(24(25,26)27)12-21(31)34-23(17)16(8-4-2)22(15)33-10-6-5-9-28-19(29)13-32-14-20(28)30/h11-12H,3-10,13-14H2,1-2H3. The zero-order valence-corrected chi connectivity index (χ0v) is 19.3. The molecule has 0 saturated carbocycles. The molecule has 0 aliphatic carbocycles. The predicted molar refractivity (Wildman–Crippen MR) is 118 cm³/mol. The van der Waals surface area contributed by atoms with E-state index in [0.717, 1.165) is 4.90 Å². The van der Waals surface area contributed by atoms with Gasteiger partial charge in [-0.25, -0.2) is 4.79 Å². The van der Waals surface area contributed by atoms with Gasteiger partial charge < -0.3 is 13.9 Å². The number of nitrogens with zero attached hydrogens (tertiary/aromatic N) is 1. The molecule has 1 aromatic carbocycles. The van der Waals surface area contributed by atoms with E-state index in [1.807, 2.05) is 13.8 Å². The van der Waals surface area contributed by atoms with Gasteiger partial charge in [0.2, 0.25) is 0 Å². The Morgan fingerprint density at radius 2 is 1.68 bits per heavy atom. The molecule has 3 rings (SSSR count). The first-order valence-electron chi connectivity index (χ1n) is 11.4. The Hall–Kier alpha value is -2.88. The number of unbranched alkanes of at least 4 members (excludes halogenated alkanes) is 1. The second kappa shape index (κ2) is 11.0. The second-order valence-corrected chi connectivity index (χ2v) is 8.18. The van der Waals surface area contributed by atoms with Gasteiger partial charge in [-0.15, -0.1) is 0 Å². The number of hydrogen-bond donors (Lipinski definition) is 0. The predicted octanol–water partition coefficient (Wildman–Crippen LogP) is 4.26. The fourth-order valence-corrected chi connectivity index (χ4v) is 4.07. The quantitative estimate of drug-likeness (QED) is 0.285. The molecule has 1 aromatic heterocycles. The highest BCUT2D eigenvalue weighted by Crippen LogP contribution is 2.40. The van der Waals surface area contributed by atoms with Gasteiger partial charge in [-0.05, 0) is 37.3 Å². The minimum absolute atomic E-state index is 0.0963. The highest BCUT2D eigenvalue weighted by Gasteiger charge is 2.35. The number of amides is 2. The molecule has 1 aliphatic rings. The summed E-state index contributed by atoms with van der Waals surface area (Å²) in [7, 11) is 0. The van der Waals surface area contributed by atoms with E-state index >= 15 is 0 Å². The third-order valence-electron chi connectivity index (χ3n) is 5.56. The van der Waals surface area contributed by atoms with Crippen molar-refractivity contribution < 1.29 is 36.7 Å². The van der Waals surface area contributed by atoms with E-state index in [0.29, 0.717) is 61.5 Å². The summed E-state index contributed by atoms with van der Waals surface area (Å²) in [5.74, 6) is -0.312. The van der Waals surface area contributed by atoms with Gasteiger partial charge in [0.15, 0.2) is 0 Å². The number of carbonyl (C=O) groups is 2. The van der Waals surface area contributed by atoms with Gasteiger partial charge in [-0.3, -0.25) is 14.5 Å². The minimum Gasteiger partial charge on any atom is -0.493 e. The number of rotatable bonds is 10. The third kappa shape index (κ3) is 5.78. The first kappa shape index (κ1) is 25.7. The number of alkyl halides is 3. The van der Waals surface area contributed by atoms with Crippen LogP contribution in [0.4, 0.5) is 13.2 Å². The molecule has 1 fully saturated rings. The number of fused-ring (bicyclic) bond motifs is 1. The number of benzene rings is 1. The second-order valence-electron chi connectivity index (χ2n) is 8.18. The van der Waals surface area contributed by atoms with Crippen LogP contribution in [0.2, 0.25) is 0 Å². The lowest BCUT2D eigenvalue weighted by Gasteiger charge is -2.24. The lowest BCUT2D eigenvalue weighted by molar-refractivity contribution is -0.158. The fraction of sp³-hybridized carbons (Fsp3) is 0.542. The molecule has 2 aromatic rings. The molecule has 0 radical (unpaired) electrons. The molecule has 186 valence electrons. The van der Waals surface area contributed by atoms with E-state index in [9.17, 15) is 27.6 Å². The molecule has 0 unspecified atom stereocenters. The van der Waals surface area contributed by atoms with Crippen LogP contribution in [0.5, 0.6) is 5.75 Å². The van der Waals surface area contributed by atoms with E-state index < -0.39 is 17.4 Å². The van der Waals surface area contributed by atoms with Gasteiger partial charge in [-0.1, -0.05) is 26.7 Å². The van der Waals surface area contributed by atoms with Crippen LogP contribution in [0, 0.1) is 0 Å². The molecule has 0 bridgehead atoms. The molecule has 0 N–H and O–H groups in total. The van der Waals surface area contributed by atoms with Crippen LogP contribution < -0.4 is 10.4 Å². The molecule has 1 aliphatic heterocycles. The van der Waals surface area contributed by atoms with Crippen LogP contribution in [0.15, 0.2) is 21.3 Å². The first-order valence-corrected chi connectivity index (χ1v) is 11.4. The minimum atomic E-state index is -4.70. The smallest absolute Gasteiger partial charge is 0.417 e. The van der Waals surface area contributed by atoms with Crippen molar-refractivity contribution in [3.05, 3.63) is 39.2 Å². The lowest BCUT2D eigenvalue weighted by Crippen LogP contribution is -2.46. The molecule has 1 saturated heterocycles. The Morgan fingerprint density at radius 1 is 1.00 bits per heavy atom. The van der Waals surface area contributed by atoms with Gasteiger partial charge in [0, 0.05) is 23.6 Å². The topological polar surface area (TPSA) is 86.1 Å². The van der Waals surface area contributed by atoms with Crippen molar-refractivity contribution >= 4 is 22.8 Å². The maximum Gasteiger partial charge on any atom is 0.417 e. The van der Waals surface area contributed by atoms with Crippen molar-refractivity contribution in [2.24, 2.45) is 0 Å². The number of imide groups is 1. The van der Waals surface area contributed by atoms with Crippen molar-refractivity contribution in [1.82, 2.24) is 4.90 Å². The van der Waals surface area contributed by atoms with Gasteiger partial charge in [0.1, 0.15) is 24.5 Å². The van der Waals surface area contributed by atoms with Gasteiger partial charge in [0.25, 0.3) is 11.8 Å². The number of carbonyl (C=O) groups excluding carboxylic acids is 2. The SMILES string of the molecule is CCCc1cc2c(C(F)(F)F)cc(=O)oc2c(CCC)c1OCCCCN1C(=O)COCC1=O. The summed E-state index contributed by atoms with van der Waals surface area (Å²) >= 11 is 0. The molecular weight excluding hydrogens is 455 g/mol.